The van der Waals surface area contributed by atoms with Crippen LogP contribution in [0.2, 0.25) is 0 Å². The number of aryl methyl sites for hydroxylation is 1. The van der Waals surface area contributed by atoms with Crippen molar-refractivity contribution in [2.24, 2.45) is 5.92 Å². The molecule has 0 aliphatic heterocycles. The Bertz CT molecular complexity index is 472. The Morgan fingerprint density at radius 3 is 2.83 bits per heavy atom. The van der Waals surface area contributed by atoms with Crippen LogP contribution in [0.15, 0.2) is 48.6 Å². The molecular formula is C16H18O2. The molecule has 18 heavy (non-hydrogen) atoms. The molecular weight excluding hydrogens is 224 g/mol. The quantitative estimate of drug-likeness (QED) is 0.649. The Morgan fingerprint density at radius 2 is 2.06 bits per heavy atom. The maximum Gasteiger partial charge on any atom is 0.328 e. The number of carboxylic acids is 1. The highest BCUT2D eigenvalue weighted by atomic mass is 16.4. The smallest absolute Gasteiger partial charge is 0.328 e. The fourth-order valence-electron chi connectivity index (χ4n) is 2.46. The molecule has 0 bridgehead atoms. The standard InChI is InChI=1S/C16H18O2/c17-16(18)9-3-1-2-6-13-10-11-14-7-4-5-8-15(14)12-13/h1-5,7-9,13H,6,10-12H2,(H,17,18). The predicted octanol–water partition coefficient (Wildman–Crippen LogP) is 3.38. The fourth-order valence-corrected chi connectivity index (χ4v) is 2.46. The van der Waals surface area contributed by atoms with E-state index < -0.39 is 5.97 Å². The highest BCUT2D eigenvalue weighted by molar-refractivity contribution is 5.80. The maximum atomic E-state index is 10.3. The summed E-state index contributed by atoms with van der Waals surface area (Å²) in [6.07, 6.45) is 11.2. The SMILES string of the molecule is O=C(O)C=CC=CCC1CCc2ccccc2C1. The molecule has 0 aromatic heterocycles. The summed E-state index contributed by atoms with van der Waals surface area (Å²) in [5.74, 6) is -0.208. The van der Waals surface area contributed by atoms with Crippen LogP contribution in [-0.2, 0) is 17.6 Å². The molecule has 1 N–H and O–H groups in total. The molecule has 0 radical (unpaired) electrons. The van der Waals surface area contributed by atoms with Crippen molar-refractivity contribution in [3.8, 4) is 0 Å². The molecule has 1 aromatic carbocycles. The molecule has 2 heteroatoms. The fraction of sp³-hybridized carbons (Fsp3) is 0.312. The number of carbonyl (C=O) groups is 1. The highest BCUT2D eigenvalue weighted by Gasteiger charge is 2.16. The average molecular weight is 242 g/mol. The lowest BCUT2D eigenvalue weighted by Gasteiger charge is -2.23. The van der Waals surface area contributed by atoms with Crippen molar-refractivity contribution < 1.29 is 9.90 Å². The number of hydrogen-bond donors (Lipinski definition) is 1. The first-order valence-electron chi connectivity index (χ1n) is 6.38. The molecule has 1 aliphatic rings. The minimum absolute atomic E-state index is 0.689. The number of allylic oxidation sites excluding steroid dienone is 3. The monoisotopic (exact) mass is 242 g/mol. The van der Waals surface area contributed by atoms with Crippen LogP contribution in [0.25, 0.3) is 0 Å². The lowest BCUT2D eigenvalue weighted by molar-refractivity contribution is -0.131. The van der Waals surface area contributed by atoms with Crippen LogP contribution in [0.3, 0.4) is 0 Å². The van der Waals surface area contributed by atoms with Gasteiger partial charge >= 0.3 is 5.97 Å². The third kappa shape index (κ3) is 3.59. The predicted molar refractivity (Wildman–Crippen MR) is 72.5 cm³/mol. The van der Waals surface area contributed by atoms with Crippen LogP contribution in [0, 0.1) is 5.92 Å². The van der Waals surface area contributed by atoms with E-state index >= 15 is 0 Å². The van der Waals surface area contributed by atoms with Crippen molar-refractivity contribution in [1.29, 1.82) is 0 Å². The van der Waals surface area contributed by atoms with E-state index in [0.717, 1.165) is 18.9 Å². The summed E-state index contributed by atoms with van der Waals surface area (Å²) in [5, 5.41) is 8.45. The van der Waals surface area contributed by atoms with Crippen molar-refractivity contribution in [2.75, 3.05) is 0 Å². The Hall–Kier alpha value is -1.83. The number of benzene rings is 1. The van der Waals surface area contributed by atoms with Crippen LogP contribution in [0.1, 0.15) is 24.0 Å². The second-order valence-electron chi connectivity index (χ2n) is 4.74. The van der Waals surface area contributed by atoms with Gasteiger partial charge in [0.05, 0.1) is 0 Å². The van der Waals surface area contributed by atoms with Crippen molar-refractivity contribution in [1.82, 2.24) is 0 Å². The largest absolute Gasteiger partial charge is 0.478 e. The Kier molecular flexibility index (Phi) is 4.35. The first-order valence-corrected chi connectivity index (χ1v) is 6.38. The van der Waals surface area contributed by atoms with E-state index in [1.807, 2.05) is 6.08 Å². The summed E-state index contributed by atoms with van der Waals surface area (Å²) in [7, 11) is 0. The van der Waals surface area contributed by atoms with Crippen molar-refractivity contribution in [3.05, 3.63) is 59.7 Å². The van der Waals surface area contributed by atoms with Gasteiger partial charge < -0.3 is 5.11 Å². The van der Waals surface area contributed by atoms with E-state index in [9.17, 15) is 4.79 Å². The van der Waals surface area contributed by atoms with Crippen molar-refractivity contribution in [2.45, 2.75) is 25.7 Å². The molecule has 1 aliphatic carbocycles. The second kappa shape index (κ2) is 6.20. The molecule has 1 aromatic rings. The van der Waals surface area contributed by atoms with Crippen LogP contribution in [0.4, 0.5) is 0 Å². The molecule has 0 fully saturated rings. The summed E-state index contributed by atoms with van der Waals surface area (Å²) < 4.78 is 0. The maximum absolute atomic E-state index is 10.3. The highest BCUT2D eigenvalue weighted by Crippen LogP contribution is 2.27. The summed E-state index contributed by atoms with van der Waals surface area (Å²) in [4.78, 5) is 10.3. The molecule has 0 saturated heterocycles. The van der Waals surface area contributed by atoms with E-state index in [-0.39, 0.29) is 0 Å². The first kappa shape index (κ1) is 12.6. The van der Waals surface area contributed by atoms with Gasteiger partial charge in [-0.15, -0.1) is 0 Å². The zero-order valence-corrected chi connectivity index (χ0v) is 10.4. The number of hydrogen-bond acceptors (Lipinski definition) is 1. The summed E-state index contributed by atoms with van der Waals surface area (Å²) in [6.45, 7) is 0. The minimum Gasteiger partial charge on any atom is -0.478 e. The molecule has 2 nitrogen and oxygen atoms in total. The lowest BCUT2D eigenvalue weighted by Crippen LogP contribution is -2.13. The molecule has 0 saturated carbocycles. The van der Waals surface area contributed by atoms with Crippen molar-refractivity contribution >= 4 is 5.97 Å². The van der Waals surface area contributed by atoms with Crippen LogP contribution in [0.5, 0.6) is 0 Å². The van der Waals surface area contributed by atoms with Gasteiger partial charge in [0.15, 0.2) is 0 Å². The minimum atomic E-state index is -0.897. The lowest BCUT2D eigenvalue weighted by atomic mass is 9.82. The normalized spacial score (nSPS) is 19.2. The topological polar surface area (TPSA) is 37.3 Å². The molecule has 1 unspecified atom stereocenters. The van der Waals surface area contributed by atoms with Gasteiger partial charge in [0, 0.05) is 6.08 Å². The summed E-state index contributed by atoms with van der Waals surface area (Å²) >= 11 is 0. The Balaban J connectivity index is 1.85. The van der Waals surface area contributed by atoms with Crippen LogP contribution in [-0.4, -0.2) is 11.1 Å². The van der Waals surface area contributed by atoms with Gasteiger partial charge in [-0.05, 0) is 42.7 Å². The van der Waals surface area contributed by atoms with Crippen LogP contribution >= 0.6 is 0 Å². The molecule has 0 amide bonds. The van der Waals surface area contributed by atoms with Gasteiger partial charge in [-0.3, -0.25) is 0 Å². The number of carboxylic acid groups (broad SMARTS) is 1. The van der Waals surface area contributed by atoms with Gasteiger partial charge in [0.1, 0.15) is 0 Å². The van der Waals surface area contributed by atoms with E-state index in [0.29, 0.717) is 5.92 Å². The number of rotatable bonds is 4. The van der Waals surface area contributed by atoms with Gasteiger partial charge in [-0.1, -0.05) is 42.5 Å². The average Bonchev–Trinajstić information content (AvgIpc) is 2.38. The summed E-state index contributed by atoms with van der Waals surface area (Å²) in [5.41, 5.74) is 2.96. The van der Waals surface area contributed by atoms with E-state index in [1.165, 1.54) is 24.0 Å². The van der Waals surface area contributed by atoms with Crippen molar-refractivity contribution in [3.63, 3.8) is 0 Å². The summed E-state index contributed by atoms with van der Waals surface area (Å²) in [6, 6.07) is 8.65. The van der Waals surface area contributed by atoms with Crippen LogP contribution < -0.4 is 0 Å². The Labute approximate surface area is 108 Å². The molecule has 0 spiro atoms. The van der Waals surface area contributed by atoms with Gasteiger partial charge in [0.2, 0.25) is 0 Å². The molecule has 1 atom stereocenters. The third-order valence-corrected chi connectivity index (χ3v) is 3.40. The third-order valence-electron chi connectivity index (χ3n) is 3.40. The first-order chi connectivity index (χ1) is 8.75. The molecule has 94 valence electrons. The van der Waals surface area contributed by atoms with Gasteiger partial charge in [-0.2, -0.15) is 0 Å². The van der Waals surface area contributed by atoms with Gasteiger partial charge in [-0.25, -0.2) is 4.79 Å². The van der Waals surface area contributed by atoms with E-state index in [4.69, 9.17) is 5.11 Å². The molecule has 0 heterocycles. The number of fused-ring (bicyclic) bond motifs is 1. The molecule has 2 rings (SSSR count). The van der Waals surface area contributed by atoms with E-state index in [1.54, 1.807) is 6.08 Å². The Morgan fingerprint density at radius 1 is 1.28 bits per heavy atom. The van der Waals surface area contributed by atoms with Gasteiger partial charge in [0.25, 0.3) is 0 Å². The zero-order chi connectivity index (χ0) is 12.8. The number of aliphatic carboxylic acids is 1. The zero-order valence-electron chi connectivity index (χ0n) is 10.4. The second-order valence-corrected chi connectivity index (χ2v) is 4.74. The van der Waals surface area contributed by atoms with E-state index in [2.05, 4.69) is 30.3 Å².